The Kier molecular flexibility index (Phi) is 6.28. The summed E-state index contributed by atoms with van der Waals surface area (Å²) in [6.07, 6.45) is 1.62. The Labute approximate surface area is 215 Å². The average Bonchev–Trinajstić information content (AvgIpc) is 3.50. The summed E-state index contributed by atoms with van der Waals surface area (Å²) in [4.78, 5) is 47.2. The van der Waals surface area contributed by atoms with Crippen molar-refractivity contribution in [1.29, 1.82) is 0 Å². The van der Waals surface area contributed by atoms with E-state index >= 15 is 0 Å². The van der Waals surface area contributed by atoms with E-state index in [0.29, 0.717) is 29.0 Å². The second-order valence-corrected chi connectivity index (χ2v) is 16.2. The van der Waals surface area contributed by atoms with Gasteiger partial charge in [0, 0.05) is 39.1 Å². The molecule has 0 bridgehead atoms. The minimum atomic E-state index is -1.62. The van der Waals surface area contributed by atoms with Gasteiger partial charge in [0.05, 0.1) is 13.7 Å². The number of ether oxygens (including phenoxy) is 2. The van der Waals surface area contributed by atoms with Gasteiger partial charge in [0.15, 0.2) is 11.1 Å². The van der Waals surface area contributed by atoms with Gasteiger partial charge in [-0.2, -0.15) is 0 Å². The molecule has 1 fully saturated rings. The molecule has 37 heavy (non-hydrogen) atoms. The van der Waals surface area contributed by atoms with Crippen molar-refractivity contribution in [2.45, 2.75) is 37.8 Å². The largest absolute Gasteiger partial charge is 0.497 e. The van der Waals surface area contributed by atoms with Gasteiger partial charge in [0.1, 0.15) is 23.8 Å². The topological polar surface area (TPSA) is 114 Å². The molecule has 0 aliphatic carbocycles. The highest BCUT2D eigenvalue weighted by Crippen LogP contribution is 2.36. The van der Waals surface area contributed by atoms with Crippen molar-refractivity contribution in [3.8, 4) is 5.75 Å². The van der Waals surface area contributed by atoms with Crippen molar-refractivity contribution in [3.05, 3.63) is 59.5 Å². The van der Waals surface area contributed by atoms with Crippen LogP contribution in [0.25, 0.3) is 11.1 Å². The van der Waals surface area contributed by atoms with Gasteiger partial charge in [0.25, 0.3) is 11.8 Å². The maximum absolute atomic E-state index is 13.9. The minimum Gasteiger partial charge on any atom is -0.497 e. The van der Waals surface area contributed by atoms with Crippen LogP contribution in [0, 0.1) is 0 Å². The highest BCUT2D eigenvalue weighted by atomic mass is 28.3. The zero-order chi connectivity index (χ0) is 26.4. The normalized spacial score (nSPS) is 19.6. The number of carbonyl (C=O) groups is 3. The molecule has 1 N–H and O–H groups in total. The van der Waals surface area contributed by atoms with E-state index in [0.717, 1.165) is 16.5 Å². The van der Waals surface area contributed by atoms with Crippen molar-refractivity contribution in [2.24, 2.45) is 0 Å². The number of amides is 4. The fourth-order valence-corrected chi connectivity index (χ4v) is 5.35. The molecular weight excluding hydrogens is 492 g/mol. The first kappa shape index (κ1) is 25.0. The number of aromatic nitrogens is 1. The van der Waals surface area contributed by atoms with Gasteiger partial charge in [-0.25, -0.2) is 9.69 Å². The first-order chi connectivity index (χ1) is 17.6. The number of hydrogen-bond acceptors (Lipinski definition) is 7. The standard InChI is InChI=1S/C26H30N4O6Si/c1-34-18-8-7-17-14-29(23(31)19(17)12-18)15-26(22-13-20-21(36-22)6-5-9-27-20)24(32)30(25(33)28-26)16-35-10-11-37(2,3)4/h5-9,12-13H,10-11,14-16H2,1-4H3,(H,28,33)/t26-/m0/s1. The van der Waals surface area contributed by atoms with Crippen LogP contribution in [0.4, 0.5) is 4.79 Å². The van der Waals surface area contributed by atoms with Gasteiger partial charge in [-0.15, -0.1) is 0 Å². The molecule has 4 amide bonds. The summed E-state index contributed by atoms with van der Waals surface area (Å²) >= 11 is 0. The fraction of sp³-hybridized carbons (Fsp3) is 0.385. The van der Waals surface area contributed by atoms with Crippen LogP contribution >= 0.6 is 0 Å². The first-order valence-electron chi connectivity index (χ1n) is 12.1. The summed E-state index contributed by atoms with van der Waals surface area (Å²) in [6.45, 7) is 7.13. The van der Waals surface area contributed by atoms with E-state index in [2.05, 4.69) is 29.9 Å². The summed E-state index contributed by atoms with van der Waals surface area (Å²) in [5.41, 5.74) is 0.718. The molecule has 2 aromatic heterocycles. The maximum Gasteiger partial charge on any atom is 0.327 e. The lowest BCUT2D eigenvalue weighted by Crippen LogP contribution is -2.52. The van der Waals surface area contributed by atoms with Crippen LogP contribution in [0.15, 0.2) is 47.0 Å². The number of imide groups is 1. The number of nitrogens with one attached hydrogen (secondary N) is 1. The second kappa shape index (κ2) is 9.31. The molecule has 11 heteroatoms. The van der Waals surface area contributed by atoms with Crippen LogP contribution in [-0.4, -0.2) is 67.7 Å². The molecule has 3 aromatic rings. The average molecular weight is 523 g/mol. The molecule has 1 saturated heterocycles. The van der Waals surface area contributed by atoms with Crippen LogP contribution in [0.2, 0.25) is 25.7 Å². The number of urea groups is 1. The molecule has 0 unspecified atom stereocenters. The van der Waals surface area contributed by atoms with E-state index in [1.54, 1.807) is 41.4 Å². The monoisotopic (exact) mass is 522 g/mol. The minimum absolute atomic E-state index is 0.112. The zero-order valence-electron chi connectivity index (χ0n) is 21.4. The first-order valence-corrected chi connectivity index (χ1v) is 15.9. The van der Waals surface area contributed by atoms with E-state index < -0.39 is 25.6 Å². The number of carbonyl (C=O) groups excluding carboxylic acids is 3. The van der Waals surface area contributed by atoms with E-state index in [1.165, 1.54) is 7.11 Å². The van der Waals surface area contributed by atoms with Crippen molar-refractivity contribution >= 4 is 37.0 Å². The molecular formula is C26H30N4O6Si. The van der Waals surface area contributed by atoms with Crippen molar-refractivity contribution in [3.63, 3.8) is 0 Å². The quantitative estimate of drug-likeness (QED) is 0.260. The Balaban J connectivity index is 1.46. The lowest BCUT2D eigenvalue weighted by molar-refractivity contribution is -0.136. The molecule has 0 saturated carbocycles. The number of hydrogen-bond donors (Lipinski definition) is 1. The van der Waals surface area contributed by atoms with E-state index in [9.17, 15) is 14.4 Å². The second-order valence-electron chi connectivity index (χ2n) is 10.6. The zero-order valence-corrected chi connectivity index (χ0v) is 22.4. The van der Waals surface area contributed by atoms with Crippen molar-refractivity contribution in [1.82, 2.24) is 20.1 Å². The van der Waals surface area contributed by atoms with Crippen LogP contribution in [-0.2, 0) is 21.6 Å². The molecule has 194 valence electrons. The van der Waals surface area contributed by atoms with Gasteiger partial charge >= 0.3 is 6.03 Å². The Morgan fingerprint density at radius 1 is 1.16 bits per heavy atom. The number of pyridine rings is 1. The van der Waals surface area contributed by atoms with Gasteiger partial charge in [0.2, 0.25) is 0 Å². The Morgan fingerprint density at radius 3 is 2.70 bits per heavy atom. The predicted molar refractivity (Wildman–Crippen MR) is 138 cm³/mol. The van der Waals surface area contributed by atoms with Crippen LogP contribution in [0.3, 0.4) is 0 Å². The summed E-state index contributed by atoms with van der Waals surface area (Å²) in [6, 6.07) is 10.7. The smallest absolute Gasteiger partial charge is 0.327 e. The number of rotatable bonds is 9. The fourth-order valence-electron chi connectivity index (χ4n) is 4.59. The van der Waals surface area contributed by atoms with E-state index in [4.69, 9.17) is 13.9 Å². The van der Waals surface area contributed by atoms with Crippen LogP contribution in [0.1, 0.15) is 21.7 Å². The summed E-state index contributed by atoms with van der Waals surface area (Å²) in [7, 11) is 0.196. The molecule has 2 aliphatic rings. The number of benzene rings is 1. The Hall–Kier alpha value is -3.70. The summed E-state index contributed by atoms with van der Waals surface area (Å²) in [5.74, 6) is -0.00955. The third-order valence-electron chi connectivity index (χ3n) is 6.72. The predicted octanol–water partition coefficient (Wildman–Crippen LogP) is 3.55. The van der Waals surface area contributed by atoms with Crippen LogP contribution < -0.4 is 10.1 Å². The van der Waals surface area contributed by atoms with Gasteiger partial charge in [-0.3, -0.25) is 14.6 Å². The van der Waals surface area contributed by atoms with Crippen LogP contribution in [0.5, 0.6) is 5.75 Å². The molecule has 0 radical (unpaired) electrons. The number of furan rings is 1. The molecule has 1 aromatic carbocycles. The van der Waals surface area contributed by atoms with E-state index in [-0.39, 0.29) is 31.5 Å². The number of methoxy groups -OCH3 is 1. The molecule has 2 aliphatic heterocycles. The molecule has 4 heterocycles. The van der Waals surface area contributed by atoms with Gasteiger partial charge in [-0.1, -0.05) is 25.7 Å². The third-order valence-corrected chi connectivity index (χ3v) is 8.43. The molecule has 5 rings (SSSR count). The maximum atomic E-state index is 13.9. The lowest BCUT2D eigenvalue weighted by atomic mass is 9.95. The number of fused-ring (bicyclic) bond motifs is 2. The third kappa shape index (κ3) is 4.60. The van der Waals surface area contributed by atoms with Gasteiger partial charge < -0.3 is 24.1 Å². The van der Waals surface area contributed by atoms with Crippen molar-refractivity contribution < 1.29 is 28.3 Å². The SMILES string of the molecule is COc1ccc2c(c1)C(=O)N(C[C@@]1(c3cc4ncccc4o3)NC(=O)N(COCC[Si](C)(C)C)C1=O)C2. The number of nitrogens with zero attached hydrogens (tertiary/aromatic N) is 3. The summed E-state index contributed by atoms with van der Waals surface area (Å²) in [5, 5.41) is 2.82. The molecule has 1 atom stereocenters. The van der Waals surface area contributed by atoms with Crippen molar-refractivity contribution in [2.75, 3.05) is 27.0 Å². The molecule has 10 nitrogen and oxygen atoms in total. The highest BCUT2D eigenvalue weighted by molar-refractivity contribution is 6.76. The summed E-state index contributed by atoms with van der Waals surface area (Å²) < 4.78 is 17.0. The molecule has 0 spiro atoms. The lowest BCUT2D eigenvalue weighted by Gasteiger charge is -2.29. The van der Waals surface area contributed by atoms with E-state index in [1.807, 2.05) is 6.07 Å². The Bertz CT molecular complexity index is 1350. The Morgan fingerprint density at radius 2 is 1.97 bits per heavy atom. The van der Waals surface area contributed by atoms with Gasteiger partial charge in [-0.05, 0) is 35.9 Å². The highest BCUT2D eigenvalue weighted by Gasteiger charge is 2.56.